The summed E-state index contributed by atoms with van der Waals surface area (Å²) in [5, 5.41) is 11.9. The molecule has 1 atom stereocenters. The van der Waals surface area contributed by atoms with Crippen LogP contribution in [0.25, 0.3) is 0 Å². The molecule has 0 spiro atoms. The molecule has 2 N–H and O–H groups in total. The summed E-state index contributed by atoms with van der Waals surface area (Å²) in [5.74, 6) is 4.44. The van der Waals surface area contributed by atoms with Gasteiger partial charge in [0.15, 0.2) is 0 Å². The summed E-state index contributed by atoms with van der Waals surface area (Å²) in [6, 6.07) is -0.350. The molecule has 0 aliphatic carbocycles. The number of carboxylic acids is 1. The minimum Gasteiger partial charge on any atom is -0.480 e. The van der Waals surface area contributed by atoms with Gasteiger partial charge in [0.05, 0.1) is 6.54 Å². The summed E-state index contributed by atoms with van der Waals surface area (Å²) in [6.07, 6.45) is 2.17. The quantitative estimate of drug-likeness (QED) is 0.706. The first-order valence-corrected chi connectivity index (χ1v) is 5.71. The molecule has 1 saturated heterocycles. The number of likely N-dealkylation sites (tertiary alicyclic amines) is 1. The summed E-state index contributed by atoms with van der Waals surface area (Å²) >= 11 is 0. The van der Waals surface area contributed by atoms with Gasteiger partial charge >= 0.3 is 12.0 Å². The number of carbonyl (C=O) groups excluding carboxylic acids is 1. The number of nitrogens with one attached hydrogen (secondary N) is 1. The van der Waals surface area contributed by atoms with E-state index in [1.807, 2.05) is 0 Å². The molecule has 1 rings (SSSR count). The molecule has 5 heteroatoms. The monoisotopic (exact) mass is 238 g/mol. The lowest BCUT2D eigenvalue weighted by molar-refractivity contribution is -0.150. The van der Waals surface area contributed by atoms with E-state index in [4.69, 9.17) is 0 Å². The predicted octanol–water partition coefficient (Wildman–Crippen LogP) is 1.05. The first kappa shape index (κ1) is 13.4. The Kier molecular flexibility index (Phi) is 4.38. The van der Waals surface area contributed by atoms with Crippen molar-refractivity contribution in [3.8, 4) is 11.8 Å². The van der Waals surface area contributed by atoms with Crippen LogP contribution < -0.4 is 5.32 Å². The van der Waals surface area contributed by atoms with Crippen molar-refractivity contribution in [1.82, 2.24) is 10.2 Å². The number of carbonyl (C=O) groups is 2. The largest absolute Gasteiger partial charge is 0.480 e. The number of nitrogens with zero attached hydrogens (tertiary/aromatic N) is 1. The minimum atomic E-state index is -1.10. The minimum absolute atomic E-state index is 0.252. The van der Waals surface area contributed by atoms with Crippen LogP contribution in [-0.2, 0) is 4.79 Å². The molecule has 17 heavy (non-hydrogen) atoms. The molecule has 1 fully saturated rings. The number of aliphatic carboxylic acids is 1. The number of amides is 2. The maximum Gasteiger partial charge on any atom is 0.329 e. The normalized spacial score (nSPS) is 23.5. The Balaban J connectivity index is 2.73. The Hall–Kier alpha value is -1.70. The Morgan fingerprint density at radius 2 is 2.18 bits per heavy atom. The highest BCUT2D eigenvalue weighted by Gasteiger charge is 2.43. The summed E-state index contributed by atoms with van der Waals surface area (Å²) < 4.78 is 0. The highest BCUT2D eigenvalue weighted by atomic mass is 16.4. The molecule has 1 unspecified atom stereocenters. The fourth-order valence-electron chi connectivity index (χ4n) is 1.97. The number of hydrogen-bond donors (Lipinski definition) is 2. The molecular formula is C12H18N2O3. The second kappa shape index (κ2) is 5.58. The average Bonchev–Trinajstić information content (AvgIpc) is 2.29. The van der Waals surface area contributed by atoms with Gasteiger partial charge in [0, 0.05) is 6.54 Å². The van der Waals surface area contributed by atoms with Gasteiger partial charge in [-0.15, -0.1) is 5.92 Å². The average molecular weight is 238 g/mol. The van der Waals surface area contributed by atoms with Crippen molar-refractivity contribution in [3.63, 3.8) is 0 Å². The van der Waals surface area contributed by atoms with Gasteiger partial charge < -0.3 is 15.3 Å². The van der Waals surface area contributed by atoms with E-state index in [0.29, 0.717) is 13.0 Å². The summed E-state index contributed by atoms with van der Waals surface area (Å²) in [4.78, 5) is 24.5. The Labute approximate surface area is 101 Å². The molecule has 94 valence electrons. The first-order chi connectivity index (χ1) is 8.02. The maximum atomic E-state index is 11.9. The molecule has 0 bridgehead atoms. The molecule has 0 aromatic heterocycles. The van der Waals surface area contributed by atoms with Gasteiger partial charge in [0.2, 0.25) is 0 Å². The Morgan fingerprint density at radius 1 is 1.47 bits per heavy atom. The van der Waals surface area contributed by atoms with Crippen molar-refractivity contribution in [3.05, 3.63) is 0 Å². The molecule has 1 heterocycles. The molecule has 0 radical (unpaired) electrons. The topological polar surface area (TPSA) is 69.6 Å². The van der Waals surface area contributed by atoms with Gasteiger partial charge in [-0.1, -0.05) is 5.92 Å². The van der Waals surface area contributed by atoms with Crippen molar-refractivity contribution < 1.29 is 14.7 Å². The van der Waals surface area contributed by atoms with E-state index in [2.05, 4.69) is 17.2 Å². The SMILES string of the molecule is CC#CCNC(=O)N1CCCCC1(C)C(=O)O. The zero-order valence-corrected chi connectivity index (χ0v) is 10.2. The lowest BCUT2D eigenvalue weighted by Gasteiger charge is -2.41. The number of rotatable bonds is 2. The molecule has 2 amide bonds. The van der Waals surface area contributed by atoms with Crippen LogP contribution in [-0.4, -0.2) is 40.6 Å². The number of urea groups is 1. The van der Waals surface area contributed by atoms with Crippen LogP contribution in [0.1, 0.15) is 33.1 Å². The van der Waals surface area contributed by atoms with Crippen LogP contribution in [0.2, 0.25) is 0 Å². The number of piperidine rings is 1. The van der Waals surface area contributed by atoms with Crippen molar-refractivity contribution in [2.75, 3.05) is 13.1 Å². The van der Waals surface area contributed by atoms with Crippen LogP contribution in [0.15, 0.2) is 0 Å². The van der Waals surface area contributed by atoms with Gasteiger partial charge in [-0.2, -0.15) is 0 Å². The van der Waals surface area contributed by atoms with E-state index < -0.39 is 11.5 Å². The van der Waals surface area contributed by atoms with Gasteiger partial charge in [-0.25, -0.2) is 9.59 Å². The predicted molar refractivity (Wildman–Crippen MR) is 63.4 cm³/mol. The lowest BCUT2D eigenvalue weighted by Crippen LogP contribution is -2.60. The van der Waals surface area contributed by atoms with E-state index in [9.17, 15) is 14.7 Å². The van der Waals surface area contributed by atoms with Crippen molar-refractivity contribution in [1.29, 1.82) is 0 Å². The number of carboxylic acid groups (broad SMARTS) is 1. The summed E-state index contributed by atoms with van der Waals surface area (Å²) in [7, 11) is 0. The van der Waals surface area contributed by atoms with Crippen LogP contribution in [0.3, 0.4) is 0 Å². The van der Waals surface area contributed by atoms with Crippen LogP contribution in [0.4, 0.5) is 4.79 Å². The van der Waals surface area contributed by atoms with Crippen molar-refractivity contribution >= 4 is 12.0 Å². The highest BCUT2D eigenvalue weighted by Crippen LogP contribution is 2.28. The molecule has 0 aromatic rings. The second-order valence-corrected chi connectivity index (χ2v) is 4.27. The second-order valence-electron chi connectivity index (χ2n) is 4.27. The van der Waals surface area contributed by atoms with E-state index in [0.717, 1.165) is 12.8 Å². The summed E-state index contributed by atoms with van der Waals surface area (Å²) in [5.41, 5.74) is -1.10. The van der Waals surface area contributed by atoms with E-state index in [1.54, 1.807) is 13.8 Å². The van der Waals surface area contributed by atoms with Gasteiger partial charge in [-0.3, -0.25) is 0 Å². The molecule has 5 nitrogen and oxygen atoms in total. The molecule has 0 aromatic carbocycles. The molecule has 1 aliphatic rings. The fraction of sp³-hybridized carbons (Fsp3) is 0.667. The van der Waals surface area contributed by atoms with Crippen molar-refractivity contribution in [2.24, 2.45) is 0 Å². The molecular weight excluding hydrogens is 220 g/mol. The van der Waals surface area contributed by atoms with Crippen molar-refractivity contribution in [2.45, 2.75) is 38.6 Å². The van der Waals surface area contributed by atoms with Gasteiger partial charge in [-0.05, 0) is 33.1 Å². The van der Waals surface area contributed by atoms with Crippen LogP contribution in [0, 0.1) is 11.8 Å². The third-order valence-electron chi connectivity index (χ3n) is 3.10. The fourth-order valence-corrected chi connectivity index (χ4v) is 1.97. The van der Waals surface area contributed by atoms with Gasteiger partial charge in [0.25, 0.3) is 0 Å². The Bertz CT molecular complexity index is 370. The van der Waals surface area contributed by atoms with Crippen LogP contribution >= 0.6 is 0 Å². The van der Waals surface area contributed by atoms with E-state index in [1.165, 1.54) is 4.90 Å². The summed E-state index contributed by atoms with van der Waals surface area (Å²) in [6.45, 7) is 4.02. The van der Waals surface area contributed by atoms with E-state index >= 15 is 0 Å². The lowest BCUT2D eigenvalue weighted by atomic mass is 9.89. The third kappa shape index (κ3) is 2.90. The highest BCUT2D eigenvalue weighted by molar-refractivity contribution is 5.86. The van der Waals surface area contributed by atoms with E-state index in [-0.39, 0.29) is 12.6 Å². The zero-order chi connectivity index (χ0) is 12.9. The molecule has 1 aliphatic heterocycles. The van der Waals surface area contributed by atoms with Gasteiger partial charge in [0.1, 0.15) is 5.54 Å². The zero-order valence-electron chi connectivity index (χ0n) is 10.2. The smallest absolute Gasteiger partial charge is 0.329 e. The number of hydrogen-bond acceptors (Lipinski definition) is 2. The third-order valence-corrected chi connectivity index (χ3v) is 3.10. The Morgan fingerprint density at radius 3 is 2.76 bits per heavy atom. The van der Waals surface area contributed by atoms with Crippen LogP contribution in [0.5, 0.6) is 0 Å². The standard InChI is InChI=1S/C12H18N2O3/c1-3-4-8-13-11(17)14-9-6-5-7-12(14,2)10(15)16/h5-9H2,1-2H3,(H,13,17)(H,15,16). The first-order valence-electron chi connectivity index (χ1n) is 5.71. The maximum absolute atomic E-state index is 11.9. The molecule has 0 saturated carbocycles.